The van der Waals surface area contributed by atoms with E-state index < -0.39 is 0 Å². The van der Waals surface area contributed by atoms with Crippen molar-refractivity contribution in [2.24, 2.45) is 0 Å². The lowest BCUT2D eigenvalue weighted by molar-refractivity contribution is -0.116. The average molecular weight is 396 g/mol. The van der Waals surface area contributed by atoms with Gasteiger partial charge in [0.15, 0.2) is 0 Å². The van der Waals surface area contributed by atoms with Crippen molar-refractivity contribution in [2.75, 3.05) is 36.9 Å². The van der Waals surface area contributed by atoms with Crippen LogP contribution in [0.4, 0.5) is 11.4 Å². The van der Waals surface area contributed by atoms with Gasteiger partial charge >= 0.3 is 0 Å². The normalized spacial score (nSPS) is 10.5. The first-order chi connectivity index (χ1) is 13.9. The van der Waals surface area contributed by atoms with Gasteiger partial charge in [0.1, 0.15) is 0 Å². The largest absolute Gasteiger partial charge is 0.372 e. The summed E-state index contributed by atoms with van der Waals surface area (Å²) >= 11 is 0. The molecule has 0 aliphatic carbocycles. The van der Waals surface area contributed by atoms with Crippen LogP contribution in [-0.4, -0.2) is 43.4 Å². The Morgan fingerprint density at radius 2 is 1.69 bits per heavy atom. The number of nitrogens with one attached hydrogen (secondary N) is 1. The summed E-state index contributed by atoms with van der Waals surface area (Å²) in [5.41, 5.74) is 4.64. The second kappa shape index (κ2) is 10.6. The molecule has 0 radical (unpaired) electrons. The van der Waals surface area contributed by atoms with Gasteiger partial charge in [-0.05, 0) is 68.7 Å². The van der Waals surface area contributed by atoms with Crippen LogP contribution in [0.5, 0.6) is 0 Å². The van der Waals surface area contributed by atoms with Gasteiger partial charge in [-0.15, -0.1) is 0 Å². The minimum absolute atomic E-state index is 0.00551. The molecule has 5 nitrogen and oxygen atoms in total. The maximum absolute atomic E-state index is 12.7. The van der Waals surface area contributed by atoms with Crippen LogP contribution in [-0.2, 0) is 4.79 Å². The van der Waals surface area contributed by atoms with Crippen molar-refractivity contribution in [3.63, 3.8) is 0 Å². The Morgan fingerprint density at radius 1 is 1.00 bits per heavy atom. The topological polar surface area (TPSA) is 52.7 Å². The zero-order valence-electron chi connectivity index (χ0n) is 18.3. The number of carbonyl (C=O) groups is 2. The van der Waals surface area contributed by atoms with E-state index >= 15 is 0 Å². The third kappa shape index (κ3) is 6.08. The van der Waals surface area contributed by atoms with E-state index in [1.807, 2.05) is 56.3 Å². The van der Waals surface area contributed by atoms with Gasteiger partial charge in [-0.2, -0.15) is 0 Å². The van der Waals surface area contributed by atoms with E-state index in [1.54, 1.807) is 7.05 Å². The molecule has 2 amide bonds. The third-order valence-electron chi connectivity index (χ3n) is 5.25. The zero-order chi connectivity index (χ0) is 21.4. The highest BCUT2D eigenvalue weighted by Crippen LogP contribution is 2.19. The van der Waals surface area contributed by atoms with Crippen molar-refractivity contribution in [3.05, 3.63) is 59.2 Å². The fraction of sp³-hybridized carbons (Fsp3) is 0.417. The van der Waals surface area contributed by atoms with Crippen LogP contribution in [0.1, 0.15) is 48.2 Å². The van der Waals surface area contributed by atoms with Gasteiger partial charge in [-0.25, -0.2) is 0 Å². The Morgan fingerprint density at radius 3 is 2.31 bits per heavy atom. The molecular weight excluding hydrogens is 362 g/mol. The molecule has 2 aromatic carbocycles. The number of hydrogen-bond acceptors (Lipinski definition) is 3. The number of amides is 2. The number of anilines is 2. The average Bonchev–Trinajstić information content (AvgIpc) is 2.72. The van der Waals surface area contributed by atoms with Crippen LogP contribution in [0.2, 0.25) is 0 Å². The number of hydrogen-bond donors (Lipinski definition) is 1. The molecule has 0 saturated heterocycles. The Kier molecular flexibility index (Phi) is 8.25. The van der Waals surface area contributed by atoms with Gasteiger partial charge in [0, 0.05) is 37.1 Å². The molecule has 0 aromatic heterocycles. The molecule has 0 spiro atoms. The van der Waals surface area contributed by atoms with Crippen molar-refractivity contribution in [1.29, 1.82) is 0 Å². The summed E-state index contributed by atoms with van der Waals surface area (Å²) in [7, 11) is 1.65. The molecule has 0 aliphatic rings. The Balaban J connectivity index is 1.98. The molecule has 2 rings (SSSR count). The van der Waals surface area contributed by atoms with Gasteiger partial charge in [0.25, 0.3) is 5.91 Å². The Bertz CT molecular complexity index is 831. The lowest BCUT2D eigenvalue weighted by Crippen LogP contribution is -2.35. The second-order valence-electron chi connectivity index (χ2n) is 7.44. The zero-order valence-corrected chi connectivity index (χ0v) is 18.3. The molecule has 0 unspecified atom stereocenters. The monoisotopic (exact) mass is 395 g/mol. The van der Waals surface area contributed by atoms with Crippen LogP contribution in [0, 0.1) is 13.8 Å². The maximum Gasteiger partial charge on any atom is 0.254 e. The molecule has 5 heteroatoms. The van der Waals surface area contributed by atoms with Crippen molar-refractivity contribution < 1.29 is 9.59 Å². The molecule has 2 aromatic rings. The summed E-state index contributed by atoms with van der Waals surface area (Å²) in [6.07, 6.45) is 2.30. The van der Waals surface area contributed by atoms with Gasteiger partial charge < -0.3 is 15.1 Å². The summed E-state index contributed by atoms with van der Waals surface area (Å²) < 4.78 is 0. The first-order valence-corrected chi connectivity index (χ1v) is 10.3. The second-order valence-corrected chi connectivity index (χ2v) is 7.44. The molecular formula is C24H33N3O2. The SMILES string of the molecule is CCCCN(CC)c1ccc(C(=O)N(C)CC(=O)Nc2cccc(C)c2C)cc1. The molecule has 0 saturated carbocycles. The molecule has 0 fully saturated rings. The van der Waals surface area contributed by atoms with Crippen LogP contribution < -0.4 is 10.2 Å². The standard InChI is InChI=1S/C24H33N3O2/c1-6-8-16-27(7-2)21-14-12-20(13-15-21)24(29)26(5)17-23(28)25-22-11-9-10-18(3)19(22)4/h9-15H,6-8,16-17H2,1-5H3,(H,25,28). The predicted octanol–water partition coefficient (Wildman–Crippen LogP) is 4.64. The number of unbranched alkanes of at least 4 members (excludes halogenated alkanes) is 1. The van der Waals surface area contributed by atoms with E-state index in [1.165, 1.54) is 4.90 Å². The highest BCUT2D eigenvalue weighted by molar-refractivity contribution is 5.99. The predicted molar refractivity (Wildman–Crippen MR) is 121 cm³/mol. The summed E-state index contributed by atoms with van der Waals surface area (Å²) in [6, 6.07) is 13.4. The van der Waals surface area contributed by atoms with Gasteiger partial charge in [0.2, 0.25) is 5.91 Å². The highest BCUT2D eigenvalue weighted by Gasteiger charge is 2.16. The number of carbonyl (C=O) groups excluding carboxylic acids is 2. The van der Waals surface area contributed by atoms with Gasteiger partial charge in [-0.3, -0.25) is 9.59 Å². The lowest BCUT2D eigenvalue weighted by atomic mass is 10.1. The smallest absolute Gasteiger partial charge is 0.254 e. The van der Waals surface area contributed by atoms with Crippen molar-refractivity contribution in [2.45, 2.75) is 40.5 Å². The molecule has 156 valence electrons. The van der Waals surface area contributed by atoms with E-state index in [9.17, 15) is 9.59 Å². The van der Waals surface area contributed by atoms with E-state index in [2.05, 4.69) is 24.1 Å². The Labute approximate surface area is 174 Å². The van der Waals surface area contributed by atoms with Crippen molar-refractivity contribution in [3.8, 4) is 0 Å². The first-order valence-electron chi connectivity index (χ1n) is 10.3. The first kappa shape index (κ1) is 22.5. The number of benzene rings is 2. The minimum Gasteiger partial charge on any atom is -0.372 e. The lowest BCUT2D eigenvalue weighted by Gasteiger charge is -2.23. The van der Waals surface area contributed by atoms with E-state index in [4.69, 9.17) is 0 Å². The summed E-state index contributed by atoms with van der Waals surface area (Å²) in [6.45, 7) is 10.3. The van der Waals surface area contributed by atoms with Crippen molar-refractivity contribution in [1.82, 2.24) is 4.90 Å². The van der Waals surface area contributed by atoms with Gasteiger partial charge in [0.05, 0.1) is 6.54 Å². The number of rotatable bonds is 9. The number of aryl methyl sites for hydroxylation is 1. The highest BCUT2D eigenvalue weighted by atomic mass is 16.2. The van der Waals surface area contributed by atoms with E-state index in [0.717, 1.165) is 48.4 Å². The third-order valence-corrected chi connectivity index (χ3v) is 5.25. The number of likely N-dealkylation sites (N-methyl/N-ethyl adjacent to an activating group) is 1. The fourth-order valence-corrected chi connectivity index (χ4v) is 3.22. The molecule has 0 aliphatic heterocycles. The molecule has 1 N–H and O–H groups in total. The van der Waals surface area contributed by atoms with E-state index in [-0.39, 0.29) is 18.4 Å². The van der Waals surface area contributed by atoms with Crippen molar-refractivity contribution >= 4 is 23.2 Å². The quantitative estimate of drug-likeness (QED) is 0.673. The summed E-state index contributed by atoms with van der Waals surface area (Å²) in [5, 5.41) is 2.90. The molecule has 0 bridgehead atoms. The molecule has 0 heterocycles. The van der Waals surface area contributed by atoms with Crippen LogP contribution in [0.15, 0.2) is 42.5 Å². The minimum atomic E-state index is -0.206. The molecule has 0 atom stereocenters. The van der Waals surface area contributed by atoms with Crippen LogP contribution >= 0.6 is 0 Å². The summed E-state index contributed by atoms with van der Waals surface area (Å²) in [4.78, 5) is 28.9. The number of nitrogens with zero attached hydrogens (tertiary/aromatic N) is 2. The van der Waals surface area contributed by atoms with E-state index in [0.29, 0.717) is 5.56 Å². The van der Waals surface area contributed by atoms with Gasteiger partial charge in [-0.1, -0.05) is 25.5 Å². The molecule has 29 heavy (non-hydrogen) atoms. The van der Waals surface area contributed by atoms with Crippen LogP contribution in [0.25, 0.3) is 0 Å². The van der Waals surface area contributed by atoms with Crippen LogP contribution in [0.3, 0.4) is 0 Å². The fourth-order valence-electron chi connectivity index (χ4n) is 3.22. The maximum atomic E-state index is 12.7. The summed E-state index contributed by atoms with van der Waals surface area (Å²) in [5.74, 6) is -0.368. The Hall–Kier alpha value is -2.82.